The van der Waals surface area contributed by atoms with Crippen LogP contribution in [0.1, 0.15) is 30.6 Å². The number of pyridine rings is 1. The normalized spacial score (nSPS) is 19.6. The highest BCUT2D eigenvalue weighted by Crippen LogP contribution is 2.31. The fraction of sp³-hybridized carbons (Fsp3) is 0.389. The summed E-state index contributed by atoms with van der Waals surface area (Å²) in [7, 11) is 0. The SMILES string of the molecule is CC(C)Oc1cc2c(OC[C@@H]3C[C@H](O)C(=O)N3)nccc2cc1C(N)=O. The van der Waals surface area contributed by atoms with E-state index >= 15 is 0 Å². The number of carbonyl (C=O) groups excluding carboxylic acids is 2. The van der Waals surface area contributed by atoms with Crippen molar-refractivity contribution in [2.45, 2.75) is 38.5 Å². The molecule has 8 nitrogen and oxygen atoms in total. The predicted octanol–water partition coefficient (Wildman–Crippen LogP) is 0.749. The van der Waals surface area contributed by atoms with Crippen molar-refractivity contribution >= 4 is 22.6 Å². The van der Waals surface area contributed by atoms with Gasteiger partial charge in [0.15, 0.2) is 0 Å². The van der Waals surface area contributed by atoms with Crippen LogP contribution in [0.25, 0.3) is 10.8 Å². The second-order valence-corrected chi connectivity index (χ2v) is 6.48. The number of aromatic nitrogens is 1. The molecule has 0 saturated carbocycles. The lowest BCUT2D eigenvalue weighted by Gasteiger charge is -2.16. The first-order chi connectivity index (χ1) is 12.3. The van der Waals surface area contributed by atoms with Gasteiger partial charge in [-0.05, 0) is 37.4 Å². The van der Waals surface area contributed by atoms with E-state index in [0.29, 0.717) is 17.0 Å². The molecule has 2 amide bonds. The van der Waals surface area contributed by atoms with Crippen molar-refractivity contribution in [3.8, 4) is 11.6 Å². The van der Waals surface area contributed by atoms with Gasteiger partial charge in [-0.1, -0.05) is 0 Å². The molecule has 1 aromatic carbocycles. The Balaban J connectivity index is 1.90. The zero-order valence-corrected chi connectivity index (χ0v) is 14.6. The van der Waals surface area contributed by atoms with E-state index < -0.39 is 17.9 Å². The quantitative estimate of drug-likeness (QED) is 0.699. The smallest absolute Gasteiger partial charge is 0.252 e. The lowest BCUT2D eigenvalue weighted by molar-refractivity contribution is -0.126. The number of hydrogen-bond donors (Lipinski definition) is 3. The van der Waals surface area contributed by atoms with Crippen LogP contribution in [0.2, 0.25) is 0 Å². The topological polar surface area (TPSA) is 124 Å². The summed E-state index contributed by atoms with van der Waals surface area (Å²) in [6.07, 6.45) is 0.708. The Morgan fingerprint density at radius 1 is 1.46 bits per heavy atom. The third kappa shape index (κ3) is 3.70. The Labute approximate surface area is 150 Å². The van der Waals surface area contributed by atoms with Gasteiger partial charge in [-0.2, -0.15) is 0 Å². The zero-order valence-electron chi connectivity index (χ0n) is 14.6. The molecule has 26 heavy (non-hydrogen) atoms. The summed E-state index contributed by atoms with van der Waals surface area (Å²) in [5, 5.41) is 13.5. The summed E-state index contributed by atoms with van der Waals surface area (Å²) in [5.41, 5.74) is 5.74. The van der Waals surface area contributed by atoms with E-state index in [1.54, 1.807) is 24.4 Å². The summed E-state index contributed by atoms with van der Waals surface area (Å²) >= 11 is 0. The Hall–Kier alpha value is -2.87. The van der Waals surface area contributed by atoms with Crippen LogP contribution in [0.4, 0.5) is 0 Å². The van der Waals surface area contributed by atoms with Gasteiger partial charge < -0.3 is 25.6 Å². The Morgan fingerprint density at radius 2 is 2.23 bits per heavy atom. The highest BCUT2D eigenvalue weighted by atomic mass is 16.5. The maximum atomic E-state index is 11.7. The van der Waals surface area contributed by atoms with Crippen LogP contribution in [0, 0.1) is 0 Å². The van der Waals surface area contributed by atoms with Gasteiger partial charge in [0.25, 0.3) is 5.91 Å². The number of aliphatic hydroxyl groups excluding tert-OH is 1. The minimum absolute atomic E-state index is 0.137. The summed E-state index contributed by atoms with van der Waals surface area (Å²) in [4.78, 5) is 27.3. The van der Waals surface area contributed by atoms with Crippen LogP contribution in [-0.4, -0.2) is 46.8 Å². The van der Waals surface area contributed by atoms with Crippen molar-refractivity contribution in [3.63, 3.8) is 0 Å². The molecule has 8 heteroatoms. The van der Waals surface area contributed by atoms with Gasteiger partial charge >= 0.3 is 0 Å². The first-order valence-corrected chi connectivity index (χ1v) is 8.35. The number of primary amides is 1. The summed E-state index contributed by atoms with van der Waals surface area (Å²) < 4.78 is 11.5. The fourth-order valence-electron chi connectivity index (χ4n) is 2.86. The summed E-state index contributed by atoms with van der Waals surface area (Å²) in [6, 6.07) is 4.78. The van der Waals surface area contributed by atoms with Gasteiger partial charge in [0.2, 0.25) is 11.8 Å². The van der Waals surface area contributed by atoms with E-state index in [2.05, 4.69) is 10.3 Å². The van der Waals surface area contributed by atoms with Crippen molar-refractivity contribution in [1.82, 2.24) is 10.3 Å². The van der Waals surface area contributed by atoms with Gasteiger partial charge in [0.05, 0.1) is 17.7 Å². The van der Waals surface area contributed by atoms with E-state index in [0.717, 1.165) is 5.39 Å². The molecule has 1 aliphatic rings. The first-order valence-electron chi connectivity index (χ1n) is 8.35. The van der Waals surface area contributed by atoms with E-state index in [1.807, 2.05) is 13.8 Å². The number of aliphatic hydroxyl groups is 1. The molecule has 2 atom stereocenters. The molecule has 0 radical (unpaired) electrons. The fourth-order valence-corrected chi connectivity index (χ4v) is 2.86. The molecule has 4 N–H and O–H groups in total. The molecule has 138 valence electrons. The van der Waals surface area contributed by atoms with E-state index in [-0.39, 0.29) is 30.7 Å². The number of hydrogen-bond acceptors (Lipinski definition) is 6. The number of nitrogens with zero attached hydrogens (tertiary/aromatic N) is 1. The van der Waals surface area contributed by atoms with Crippen LogP contribution >= 0.6 is 0 Å². The average Bonchev–Trinajstić information content (AvgIpc) is 2.89. The summed E-state index contributed by atoms with van der Waals surface area (Å²) in [6.45, 7) is 3.88. The van der Waals surface area contributed by atoms with Crippen molar-refractivity contribution in [3.05, 3.63) is 30.0 Å². The van der Waals surface area contributed by atoms with E-state index in [9.17, 15) is 14.7 Å². The number of nitrogens with two attached hydrogens (primary N) is 1. The predicted molar refractivity (Wildman–Crippen MR) is 94.1 cm³/mol. The zero-order chi connectivity index (χ0) is 18.8. The van der Waals surface area contributed by atoms with Gasteiger partial charge in [-0.25, -0.2) is 4.98 Å². The van der Waals surface area contributed by atoms with E-state index in [1.165, 1.54) is 0 Å². The van der Waals surface area contributed by atoms with Crippen LogP contribution in [0.3, 0.4) is 0 Å². The average molecular weight is 359 g/mol. The van der Waals surface area contributed by atoms with Crippen LogP contribution in [0.5, 0.6) is 11.6 Å². The van der Waals surface area contributed by atoms with Crippen LogP contribution < -0.4 is 20.5 Å². The molecule has 1 aliphatic heterocycles. The number of rotatable bonds is 6. The number of carbonyl (C=O) groups is 2. The van der Waals surface area contributed by atoms with Crippen molar-refractivity contribution in [2.75, 3.05) is 6.61 Å². The van der Waals surface area contributed by atoms with Crippen molar-refractivity contribution in [2.24, 2.45) is 5.73 Å². The number of benzene rings is 1. The molecular formula is C18H21N3O5. The Morgan fingerprint density at radius 3 is 2.85 bits per heavy atom. The highest BCUT2D eigenvalue weighted by Gasteiger charge is 2.30. The maximum Gasteiger partial charge on any atom is 0.252 e. The Bertz CT molecular complexity index is 852. The van der Waals surface area contributed by atoms with E-state index in [4.69, 9.17) is 15.2 Å². The molecule has 2 aromatic rings. The van der Waals surface area contributed by atoms with Crippen molar-refractivity contribution < 1.29 is 24.2 Å². The van der Waals surface area contributed by atoms with Gasteiger partial charge in [0.1, 0.15) is 18.5 Å². The molecule has 0 aliphatic carbocycles. The number of amides is 2. The molecule has 1 aromatic heterocycles. The standard InChI is InChI=1S/C18H21N3O5/c1-9(2)26-15-7-12-10(5-13(15)16(19)23)3-4-20-18(12)25-8-11-6-14(22)17(24)21-11/h3-5,7,9,11,14,22H,6,8H2,1-2H3,(H2,19,23)(H,21,24)/t11-,14-/m0/s1. The van der Waals surface area contributed by atoms with Crippen LogP contribution in [-0.2, 0) is 4.79 Å². The van der Waals surface area contributed by atoms with Gasteiger partial charge in [0, 0.05) is 18.0 Å². The molecule has 1 saturated heterocycles. The lowest BCUT2D eigenvalue weighted by atomic mass is 10.1. The summed E-state index contributed by atoms with van der Waals surface area (Å²) in [5.74, 6) is -0.266. The first kappa shape index (κ1) is 17.9. The Kier molecular flexibility index (Phi) is 4.94. The molecule has 0 bridgehead atoms. The van der Waals surface area contributed by atoms with Crippen molar-refractivity contribution in [1.29, 1.82) is 0 Å². The number of nitrogens with one attached hydrogen (secondary N) is 1. The monoisotopic (exact) mass is 359 g/mol. The molecule has 2 heterocycles. The molecule has 0 spiro atoms. The lowest BCUT2D eigenvalue weighted by Crippen LogP contribution is -2.31. The number of fused-ring (bicyclic) bond motifs is 1. The van der Waals surface area contributed by atoms with Gasteiger partial charge in [-0.3, -0.25) is 9.59 Å². The molecular weight excluding hydrogens is 338 g/mol. The van der Waals surface area contributed by atoms with Crippen LogP contribution in [0.15, 0.2) is 24.4 Å². The van der Waals surface area contributed by atoms with Gasteiger partial charge in [-0.15, -0.1) is 0 Å². The molecule has 1 fully saturated rings. The number of ether oxygens (including phenoxy) is 2. The molecule has 3 rings (SSSR count). The maximum absolute atomic E-state index is 11.7. The second-order valence-electron chi connectivity index (χ2n) is 6.48. The largest absolute Gasteiger partial charge is 0.490 e. The minimum Gasteiger partial charge on any atom is -0.490 e. The minimum atomic E-state index is -1.01. The molecule has 0 unspecified atom stereocenters. The third-order valence-corrected chi connectivity index (χ3v) is 4.03. The third-order valence-electron chi connectivity index (χ3n) is 4.03. The highest BCUT2D eigenvalue weighted by molar-refractivity contribution is 6.01. The second kappa shape index (κ2) is 7.17.